The number of hydrogen-bond donors (Lipinski definition) is 0. The Morgan fingerprint density at radius 3 is 2.53 bits per heavy atom. The van der Waals surface area contributed by atoms with Gasteiger partial charge in [-0.15, -0.1) is 0 Å². The molecule has 2 heteroatoms. The zero-order chi connectivity index (χ0) is 13.0. The number of aromatic nitrogens is 1. The molecule has 0 fully saturated rings. The Bertz CT molecular complexity index is 482. The molecule has 1 nitrogen and oxygen atoms in total. The molecule has 0 bridgehead atoms. The quantitative estimate of drug-likeness (QED) is 0.424. The Hall–Kier alpha value is -0.900. The molecule has 0 saturated heterocycles. The predicted molar refractivity (Wildman–Crippen MR) is 76.9 cm³/mol. The first-order valence-corrected chi connectivity index (χ1v) is 6.63. The van der Waals surface area contributed by atoms with Crippen LogP contribution in [0, 0.1) is 5.92 Å². The number of rotatable bonds is 3. The van der Waals surface area contributed by atoms with Gasteiger partial charge in [0.1, 0.15) is 7.05 Å². The van der Waals surface area contributed by atoms with Crippen molar-refractivity contribution in [2.75, 3.05) is 0 Å². The first-order chi connectivity index (χ1) is 8.65. The van der Waals surface area contributed by atoms with Crippen LogP contribution in [0.1, 0.15) is 31.7 Å². The molecule has 0 saturated carbocycles. The van der Waals surface area contributed by atoms with E-state index in [2.05, 4.69) is 60.8 Å². The van der Waals surface area contributed by atoms with E-state index in [1.165, 1.54) is 29.6 Å². The van der Waals surface area contributed by atoms with Gasteiger partial charge in [-0.1, -0.05) is 36.0 Å². The van der Waals surface area contributed by atoms with Crippen molar-refractivity contribution < 1.29 is 28.5 Å². The maximum absolute atomic E-state index is 4.06. The summed E-state index contributed by atoms with van der Waals surface area (Å²) in [6.45, 7) is 6.20. The number of nitrogens with zero attached hydrogens (tertiary/aromatic N) is 1. The zero-order valence-corrected chi connectivity index (χ0v) is 13.9. The maximum atomic E-state index is 4.06. The van der Waals surface area contributed by atoms with Gasteiger partial charge >= 0.3 is 0 Å². The molecule has 0 N–H and O–H groups in total. The highest BCUT2D eigenvalue weighted by molar-refractivity contribution is 5.51. The molecule has 1 atom stereocenters. The Kier molecular flexibility index (Phi) is 6.49. The van der Waals surface area contributed by atoms with Gasteiger partial charge in [-0.25, -0.2) is 4.57 Å². The lowest BCUT2D eigenvalue weighted by atomic mass is 9.85. The average Bonchev–Trinajstić information content (AvgIpc) is 2.38. The predicted octanol–water partition coefficient (Wildman–Crippen LogP) is 0.831. The fourth-order valence-corrected chi connectivity index (χ4v) is 2.28. The Balaban J connectivity index is 0.00000180. The molecule has 0 radical (unpaired) electrons. The van der Waals surface area contributed by atoms with Crippen molar-refractivity contribution in [3.05, 3.63) is 60.0 Å². The average molecular weight is 367 g/mol. The molecule has 102 valence electrons. The first kappa shape index (κ1) is 16.2. The van der Waals surface area contributed by atoms with Crippen LogP contribution in [0.4, 0.5) is 0 Å². The molecule has 0 unspecified atom stereocenters. The second-order valence-corrected chi connectivity index (χ2v) is 5.23. The maximum Gasteiger partial charge on any atom is 0.169 e. The van der Waals surface area contributed by atoms with Gasteiger partial charge in [0, 0.05) is 12.1 Å². The summed E-state index contributed by atoms with van der Waals surface area (Å²) >= 11 is 0. The Labute approximate surface area is 133 Å². The Morgan fingerprint density at radius 2 is 2.00 bits per heavy atom. The van der Waals surface area contributed by atoms with Crippen LogP contribution in [-0.2, 0) is 7.05 Å². The van der Waals surface area contributed by atoms with Crippen molar-refractivity contribution in [2.45, 2.75) is 26.2 Å². The second kappa shape index (κ2) is 7.63. The van der Waals surface area contributed by atoms with Crippen LogP contribution in [0.2, 0.25) is 0 Å². The molecule has 0 aromatic carbocycles. The van der Waals surface area contributed by atoms with Gasteiger partial charge < -0.3 is 24.0 Å². The van der Waals surface area contributed by atoms with Crippen LogP contribution >= 0.6 is 0 Å². The number of pyridine rings is 1. The summed E-state index contributed by atoms with van der Waals surface area (Å²) < 4.78 is 2.05. The van der Waals surface area contributed by atoms with Crippen LogP contribution in [0.15, 0.2) is 54.4 Å². The van der Waals surface area contributed by atoms with E-state index >= 15 is 0 Å². The summed E-state index contributed by atoms with van der Waals surface area (Å²) in [6.07, 6.45) is 14.5. The monoisotopic (exact) mass is 367 g/mol. The van der Waals surface area contributed by atoms with Crippen molar-refractivity contribution in [2.24, 2.45) is 13.0 Å². The highest BCUT2D eigenvalue weighted by Gasteiger charge is 2.13. The third kappa shape index (κ3) is 4.94. The lowest BCUT2D eigenvalue weighted by molar-refractivity contribution is -0.671. The summed E-state index contributed by atoms with van der Waals surface area (Å²) in [7, 11) is 2.04. The highest BCUT2D eigenvalue weighted by atomic mass is 127. The van der Waals surface area contributed by atoms with Crippen LogP contribution in [0.3, 0.4) is 0 Å². The molecule has 1 aromatic heterocycles. The third-order valence-corrected chi connectivity index (χ3v) is 3.64. The molecule has 1 aliphatic rings. The summed E-state index contributed by atoms with van der Waals surface area (Å²) in [6, 6.07) is 4.27. The van der Waals surface area contributed by atoms with Gasteiger partial charge in [-0.2, -0.15) is 0 Å². The standard InChI is InChI=1S/C17H22N.HI/c1-14(2)17-8-6-15(7-9-17)4-5-16-10-12-18(3)13-11-16;/h4-6,10-13,17H,1,7-9H2,2-3H3;1H/q+1;/p-1/b5-4+;/t17-;/m1./s1. The Morgan fingerprint density at radius 1 is 1.32 bits per heavy atom. The van der Waals surface area contributed by atoms with Crippen LogP contribution in [0.5, 0.6) is 0 Å². The van der Waals surface area contributed by atoms with Gasteiger partial charge in [0.05, 0.1) is 0 Å². The van der Waals surface area contributed by atoms with Crippen molar-refractivity contribution in [1.82, 2.24) is 0 Å². The molecule has 0 amide bonds. The van der Waals surface area contributed by atoms with Gasteiger partial charge in [0.15, 0.2) is 12.4 Å². The molecule has 0 spiro atoms. The van der Waals surface area contributed by atoms with Crippen LogP contribution < -0.4 is 28.5 Å². The summed E-state index contributed by atoms with van der Waals surface area (Å²) in [5.74, 6) is 0.693. The third-order valence-electron chi connectivity index (χ3n) is 3.64. The van der Waals surface area contributed by atoms with Crippen molar-refractivity contribution >= 4 is 6.08 Å². The minimum atomic E-state index is 0. The molecule has 0 aliphatic heterocycles. The summed E-state index contributed by atoms with van der Waals surface area (Å²) in [4.78, 5) is 0. The molecular weight excluding hydrogens is 345 g/mol. The fraction of sp³-hybridized carbons (Fsp3) is 0.353. The molecule has 2 rings (SSSR count). The molecule has 1 heterocycles. The SMILES string of the molecule is C=C(C)[C@@H]1CC=C(/C=C/c2cc[n+](C)cc2)CC1.[I-]. The van der Waals surface area contributed by atoms with Gasteiger partial charge in [0.25, 0.3) is 0 Å². The number of hydrogen-bond acceptors (Lipinski definition) is 0. The van der Waals surface area contributed by atoms with E-state index in [1.54, 1.807) is 0 Å². The van der Waals surface area contributed by atoms with E-state index in [1.807, 2.05) is 7.05 Å². The fourth-order valence-electron chi connectivity index (χ4n) is 2.28. The lowest BCUT2D eigenvalue weighted by Crippen LogP contribution is -3.00. The molecule has 1 aromatic rings. The van der Waals surface area contributed by atoms with E-state index in [-0.39, 0.29) is 24.0 Å². The molecule has 19 heavy (non-hydrogen) atoms. The first-order valence-electron chi connectivity index (χ1n) is 6.63. The van der Waals surface area contributed by atoms with E-state index in [9.17, 15) is 0 Å². The van der Waals surface area contributed by atoms with Crippen molar-refractivity contribution in [1.29, 1.82) is 0 Å². The normalized spacial score (nSPS) is 18.8. The largest absolute Gasteiger partial charge is 1.00 e. The lowest BCUT2D eigenvalue weighted by Gasteiger charge is -2.20. The summed E-state index contributed by atoms with van der Waals surface area (Å²) in [5, 5.41) is 0. The van der Waals surface area contributed by atoms with Gasteiger partial charge in [-0.05, 0) is 37.7 Å². The van der Waals surface area contributed by atoms with Crippen LogP contribution in [0.25, 0.3) is 6.08 Å². The minimum absolute atomic E-state index is 0. The van der Waals surface area contributed by atoms with E-state index in [4.69, 9.17) is 0 Å². The van der Waals surface area contributed by atoms with Crippen LogP contribution in [-0.4, -0.2) is 0 Å². The van der Waals surface area contributed by atoms with E-state index in [0.29, 0.717) is 5.92 Å². The molecule has 1 aliphatic carbocycles. The molecular formula is C17H22IN. The van der Waals surface area contributed by atoms with E-state index in [0.717, 1.165) is 6.42 Å². The van der Waals surface area contributed by atoms with Gasteiger partial charge in [0.2, 0.25) is 0 Å². The number of aryl methyl sites for hydroxylation is 1. The highest BCUT2D eigenvalue weighted by Crippen LogP contribution is 2.28. The zero-order valence-electron chi connectivity index (χ0n) is 11.8. The second-order valence-electron chi connectivity index (χ2n) is 5.23. The smallest absolute Gasteiger partial charge is 0.169 e. The summed E-state index contributed by atoms with van der Waals surface area (Å²) in [5.41, 5.74) is 4.04. The van der Waals surface area contributed by atoms with Gasteiger partial charge in [-0.3, -0.25) is 0 Å². The number of allylic oxidation sites excluding steroid dienone is 4. The number of halogens is 1. The topological polar surface area (TPSA) is 3.88 Å². The minimum Gasteiger partial charge on any atom is -1.00 e. The van der Waals surface area contributed by atoms with Crippen molar-refractivity contribution in [3.8, 4) is 0 Å². The van der Waals surface area contributed by atoms with Crippen molar-refractivity contribution in [3.63, 3.8) is 0 Å². The van der Waals surface area contributed by atoms with E-state index < -0.39 is 0 Å².